The van der Waals surface area contributed by atoms with Crippen molar-refractivity contribution in [3.05, 3.63) is 0 Å². The van der Waals surface area contributed by atoms with E-state index < -0.39 is 0 Å². The van der Waals surface area contributed by atoms with Crippen LogP contribution in [0.15, 0.2) is 0 Å². The van der Waals surface area contributed by atoms with Crippen molar-refractivity contribution in [1.29, 1.82) is 0 Å². The van der Waals surface area contributed by atoms with Gasteiger partial charge < -0.3 is 9.47 Å². The lowest BCUT2D eigenvalue weighted by Gasteiger charge is -2.03. The number of hydrogen-bond acceptors (Lipinski definition) is 4. The third kappa shape index (κ3) is 6.56. The van der Waals surface area contributed by atoms with Crippen molar-refractivity contribution in [3.63, 3.8) is 0 Å². The van der Waals surface area contributed by atoms with E-state index in [0.717, 1.165) is 12.3 Å². The Morgan fingerprint density at radius 3 is 2.62 bits per heavy atom. The predicted molar refractivity (Wildman–Crippen MR) is 59.0 cm³/mol. The van der Waals surface area contributed by atoms with E-state index in [1.54, 1.807) is 6.92 Å². The van der Waals surface area contributed by atoms with Crippen LogP contribution in [0, 0.1) is 5.92 Å². The van der Waals surface area contributed by atoms with E-state index in [9.17, 15) is 9.59 Å². The van der Waals surface area contributed by atoms with Crippen LogP contribution in [-0.2, 0) is 19.1 Å². The fourth-order valence-corrected chi connectivity index (χ4v) is 1.39. The Balaban J connectivity index is 1.90. The number of ketones is 1. The summed E-state index contributed by atoms with van der Waals surface area (Å²) < 4.78 is 9.96. The van der Waals surface area contributed by atoms with Gasteiger partial charge in [0.1, 0.15) is 6.61 Å². The maximum Gasteiger partial charge on any atom is 0.306 e. The molecule has 0 spiro atoms. The van der Waals surface area contributed by atoms with E-state index in [1.165, 1.54) is 12.8 Å². The lowest BCUT2D eigenvalue weighted by atomic mass is 10.2. The van der Waals surface area contributed by atoms with Crippen LogP contribution in [0.1, 0.15) is 39.0 Å². The second-order valence-electron chi connectivity index (χ2n) is 4.13. The van der Waals surface area contributed by atoms with Gasteiger partial charge in [-0.25, -0.2) is 0 Å². The van der Waals surface area contributed by atoms with Crippen LogP contribution >= 0.6 is 0 Å². The molecule has 0 aromatic heterocycles. The molecule has 0 radical (unpaired) electrons. The topological polar surface area (TPSA) is 52.6 Å². The second-order valence-corrected chi connectivity index (χ2v) is 4.13. The van der Waals surface area contributed by atoms with Gasteiger partial charge in [0.25, 0.3) is 0 Å². The van der Waals surface area contributed by atoms with Crippen LogP contribution in [-0.4, -0.2) is 31.6 Å². The molecule has 0 amide bonds. The Kier molecular flexibility index (Phi) is 6.08. The summed E-state index contributed by atoms with van der Waals surface area (Å²) in [6.07, 6.45) is 4.06. The zero-order valence-corrected chi connectivity index (χ0v) is 9.87. The zero-order valence-electron chi connectivity index (χ0n) is 9.87. The molecule has 1 fully saturated rings. The minimum atomic E-state index is -0.311. The van der Waals surface area contributed by atoms with Crippen molar-refractivity contribution in [2.75, 3.05) is 19.8 Å². The van der Waals surface area contributed by atoms with Gasteiger partial charge in [0.05, 0.1) is 13.0 Å². The second kappa shape index (κ2) is 7.39. The van der Waals surface area contributed by atoms with Crippen molar-refractivity contribution < 1.29 is 19.1 Å². The Morgan fingerprint density at radius 2 is 2.00 bits per heavy atom. The van der Waals surface area contributed by atoms with Crippen LogP contribution < -0.4 is 0 Å². The third-order valence-corrected chi connectivity index (χ3v) is 2.54. The quantitative estimate of drug-likeness (QED) is 0.445. The van der Waals surface area contributed by atoms with Crippen molar-refractivity contribution in [3.8, 4) is 0 Å². The lowest BCUT2D eigenvalue weighted by Crippen LogP contribution is -2.13. The van der Waals surface area contributed by atoms with Gasteiger partial charge in [-0.05, 0) is 19.3 Å². The summed E-state index contributed by atoms with van der Waals surface area (Å²) in [5.74, 6) is 0.493. The predicted octanol–water partition coefficient (Wildman–Crippen LogP) is 1.72. The smallest absolute Gasteiger partial charge is 0.306 e. The molecule has 4 nitrogen and oxygen atoms in total. The highest BCUT2D eigenvalue weighted by molar-refractivity contribution is 5.83. The molecule has 0 bridgehead atoms. The van der Waals surface area contributed by atoms with E-state index in [-0.39, 0.29) is 31.2 Å². The Bertz CT molecular complexity index is 233. The van der Waals surface area contributed by atoms with Gasteiger partial charge in [-0.3, -0.25) is 9.59 Å². The maximum atomic E-state index is 11.3. The van der Waals surface area contributed by atoms with Crippen LogP contribution in [0.25, 0.3) is 0 Å². The van der Waals surface area contributed by atoms with E-state index in [4.69, 9.17) is 9.47 Å². The van der Waals surface area contributed by atoms with E-state index in [0.29, 0.717) is 13.2 Å². The standard InChI is InChI=1S/C12H20O4/c1-2-16-12(14)6-5-11(13)9-15-8-7-10-3-4-10/h10H,2-9H2,1H3. The SMILES string of the molecule is CCOC(=O)CCC(=O)COCCC1CC1. The highest BCUT2D eigenvalue weighted by atomic mass is 16.5. The number of Topliss-reactive ketones (excluding diaryl/α,β-unsaturated/α-hetero) is 1. The molecule has 1 aliphatic carbocycles. The number of carbonyl (C=O) groups is 2. The maximum absolute atomic E-state index is 11.3. The van der Waals surface area contributed by atoms with E-state index in [1.807, 2.05) is 0 Å². The van der Waals surface area contributed by atoms with Crippen molar-refractivity contribution in [2.45, 2.75) is 39.0 Å². The minimum Gasteiger partial charge on any atom is -0.466 e. The average Bonchev–Trinajstić information content (AvgIpc) is 3.06. The van der Waals surface area contributed by atoms with Crippen LogP contribution in [0.5, 0.6) is 0 Å². The Hall–Kier alpha value is -0.900. The van der Waals surface area contributed by atoms with Crippen LogP contribution in [0.2, 0.25) is 0 Å². The van der Waals surface area contributed by atoms with Gasteiger partial charge in [0.2, 0.25) is 0 Å². The summed E-state index contributed by atoms with van der Waals surface area (Å²) >= 11 is 0. The summed E-state index contributed by atoms with van der Waals surface area (Å²) in [7, 11) is 0. The molecule has 0 N–H and O–H groups in total. The molecule has 0 aromatic rings. The first-order valence-electron chi connectivity index (χ1n) is 5.97. The first-order valence-corrected chi connectivity index (χ1v) is 5.97. The highest BCUT2D eigenvalue weighted by Gasteiger charge is 2.20. The summed E-state index contributed by atoms with van der Waals surface area (Å²) in [6, 6.07) is 0. The van der Waals surface area contributed by atoms with Crippen LogP contribution in [0.4, 0.5) is 0 Å². The monoisotopic (exact) mass is 228 g/mol. The largest absolute Gasteiger partial charge is 0.466 e. The fourth-order valence-electron chi connectivity index (χ4n) is 1.39. The van der Waals surface area contributed by atoms with Crippen molar-refractivity contribution >= 4 is 11.8 Å². The fraction of sp³-hybridized carbons (Fsp3) is 0.833. The number of ether oxygens (including phenoxy) is 2. The number of carbonyl (C=O) groups excluding carboxylic acids is 2. The summed E-state index contributed by atoms with van der Waals surface area (Å²) in [5, 5.41) is 0. The molecule has 0 aliphatic heterocycles. The zero-order chi connectivity index (χ0) is 11.8. The van der Waals surface area contributed by atoms with Crippen molar-refractivity contribution in [1.82, 2.24) is 0 Å². The Labute approximate surface area is 96.3 Å². The minimum absolute atomic E-state index is 0.0242. The van der Waals surface area contributed by atoms with E-state index in [2.05, 4.69) is 0 Å². The van der Waals surface area contributed by atoms with Gasteiger partial charge in [-0.1, -0.05) is 12.8 Å². The molecule has 0 atom stereocenters. The normalized spacial score (nSPS) is 14.8. The van der Waals surface area contributed by atoms with Gasteiger partial charge >= 0.3 is 5.97 Å². The first-order chi connectivity index (χ1) is 7.72. The van der Waals surface area contributed by atoms with Gasteiger partial charge in [-0.2, -0.15) is 0 Å². The molecule has 92 valence electrons. The molecule has 16 heavy (non-hydrogen) atoms. The molecule has 0 unspecified atom stereocenters. The number of hydrogen-bond donors (Lipinski definition) is 0. The summed E-state index contributed by atoms with van der Waals surface area (Å²) in [4.78, 5) is 22.2. The molecular formula is C12H20O4. The molecule has 1 aliphatic rings. The lowest BCUT2D eigenvalue weighted by molar-refractivity contribution is -0.144. The molecule has 1 saturated carbocycles. The van der Waals surface area contributed by atoms with Gasteiger partial charge in [0.15, 0.2) is 5.78 Å². The number of esters is 1. The molecule has 0 heterocycles. The molecular weight excluding hydrogens is 208 g/mol. The summed E-state index contributed by atoms with van der Waals surface area (Å²) in [5.41, 5.74) is 0. The van der Waals surface area contributed by atoms with Crippen molar-refractivity contribution in [2.24, 2.45) is 5.92 Å². The summed E-state index contributed by atoms with van der Waals surface area (Å²) in [6.45, 7) is 2.91. The Morgan fingerprint density at radius 1 is 1.25 bits per heavy atom. The van der Waals surface area contributed by atoms with Gasteiger partial charge in [0, 0.05) is 13.0 Å². The third-order valence-electron chi connectivity index (χ3n) is 2.54. The average molecular weight is 228 g/mol. The molecule has 0 saturated heterocycles. The first kappa shape index (κ1) is 13.2. The van der Waals surface area contributed by atoms with Gasteiger partial charge in [-0.15, -0.1) is 0 Å². The van der Waals surface area contributed by atoms with E-state index >= 15 is 0 Å². The number of rotatable bonds is 9. The molecule has 4 heteroatoms. The van der Waals surface area contributed by atoms with Crippen LogP contribution in [0.3, 0.4) is 0 Å². The highest BCUT2D eigenvalue weighted by Crippen LogP contribution is 2.31. The molecule has 0 aromatic carbocycles. The molecule has 1 rings (SSSR count).